The molecule has 0 amide bonds. The molecule has 0 aliphatic heterocycles. The Morgan fingerprint density at radius 1 is 0.478 bits per heavy atom. The topological polar surface area (TPSA) is 0 Å². The van der Waals surface area contributed by atoms with E-state index in [0.29, 0.717) is 0 Å². The average Bonchev–Trinajstić information content (AvgIpc) is 2.97. The molecular weight excluding hydrogens is 292 g/mol. The van der Waals surface area contributed by atoms with Crippen molar-refractivity contribution in [3.05, 3.63) is 84.9 Å². The lowest BCUT2D eigenvalue weighted by Gasteiger charge is -2.24. The zero-order chi connectivity index (χ0) is 15.9. The van der Waals surface area contributed by atoms with Gasteiger partial charge in [-0.3, -0.25) is 0 Å². The van der Waals surface area contributed by atoms with E-state index < -0.39 is 8.07 Å². The Bertz CT molecular complexity index is 832. The second kappa shape index (κ2) is 5.36. The molecule has 0 saturated heterocycles. The van der Waals surface area contributed by atoms with Crippen molar-refractivity contribution in [1.82, 2.24) is 0 Å². The Morgan fingerprint density at radius 3 is 1.39 bits per heavy atom. The molecule has 0 unspecified atom stereocenters. The Hall–Kier alpha value is -2.38. The van der Waals surface area contributed by atoms with E-state index in [9.17, 15) is 0 Å². The van der Waals surface area contributed by atoms with E-state index in [1.54, 1.807) is 0 Å². The van der Waals surface area contributed by atoms with Crippen molar-refractivity contribution in [3.63, 3.8) is 0 Å². The molecule has 112 valence electrons. The van der Waals surface area contributed by atoms with E-state index in [-0.39, 0.29) is 0 Å². The van der Waals surface area contributed by atoms with Crippen molar-refractivity contribution in [2.24, 2.45) is 0 Å². The lowest BCUT2D eigenvalue weighted by atomic mass is 10.2. The highest BCUT2D eigenvalue weighted by molar-refractivity contribution is 7.02. The summed E-state index contributed by atoms with van der Waals surface area (Å²) in [5, 5.41) is 3.06. The third kappa shape index (κ3) is 2.29. The first-order valence-corrected chi connectivity index (χ1v) is 11.1. The van der Waals surface area contributed by atoms with Gasteiger partial charge in [-0.25, -0.2) is 0 Å². The summed E-state index contributed by atoms with van der Waals surface area (Å²) in [6.07, 6.45) is 0. The largest absolute Gasteiger partial charge is 0.113 e. The van der Waals surface area contributed by atoms with Gasteiger partial charge in [0.1, 0.15) is 8.07 Å². The van der Waals surface area contributed by atoms with Gasteiger partial charge in [0.2, 0.25) is 0 Å². The maximum Gasteiger partial charge on any atom is 0.113 e. The fraction of sp³-hybridized carbons (Fsp3) is 0.0909. The highest BCUT2D eigenvalue weighted by Gasteiger charge is 2.32. The van der Waals surface area contributed by atoms with Crippen LogP contribution in [0.3, 0.4) is 0 Å². The van der Waals surface area contributed by atoms with Crippen LogP contribution in [0.25, 0.3) is 22.3 Å². The van der Waals surface area contributed by atoms with Gasteiger partial charge in [-0.05, 0) is 32.6 Å². The molecule has 0 heterocycles. The predicted octanol–water partition coefficient (Wildman–Crippen LogP) is 4.72. The second-order valence-corrected chi connectivity index (χ2v) is 11.0. The Kier molecular flexibility index (Phi) is 3.31. The number of hydrogen-bond acceptors (Lipinski definition) is 0. The van der Waals surface area contributed by atoms with Crippen LogP contribution in [0.15, 0.2) is 84.9 Å². The predicted molar refractivity (Wildman–Crippen MR) is 103 cm³/mol. The minimum absolute atomic E-state index is 1.34. The van der Waals surface area contributed by atoms with E-state index >= 15 is 0 Å². The Balaban J connectivity index is 1.91. The van der Waals surface area contributed by atoms with E-state index in [2.05, 4.69) is 98.0 Å². The van der Waals surface area contributed by atoms with Crippen LogP contribution in [0.4, 0.5) is 0 Å². The summed E-state index contributed by atoms with van der Waals surface area (Å²) in [5.41, 5.74) is 5.49. The maximum absolute atomic E-state index is 2.47. The Morgan fingerprint density at radius 2 is 0.913 bits per heavy atom. The van der Waals surface area contributed by atoms with E-state index in [1.165, 1.54) is 32.6 Å². The minimum Gasteiger partial charge on any atom is -0.0622 e. The third-order valence-corrected chi connectivity index (χ3v) is 8.50. The fourth-order valence-corrected chi connectivity index (χ4v) is 6.76. The highest BCUT2D eigenvalue weighted by Crippen LogP contribution is 2.27. The van der Waals surface area contributed by atoms with Crippen LogP contribution in [-0.2, 0) is 0 Å². The lowest BCUT2D eigenvalue weighted by molar-refractivity contribution is 1.77. The molecule has 0 N–H and O–H groups in total. The Labute approximate surface area is 139 Å². The lowest BCUT2D eigenvalue weighted by Crippen LogP contribution is -2.52. The molecule has 23 heavy (non-hydrogen) atoms. The first-order chi connectivity index (χ1) is 11.2. The first kappa shape index (κ1) is 14.2. The third-order valence-electron chi connectivity index (χ3n) is 4.93. The van der Waals surface area contributed by atoms with Crippen molar-refractivity contribution >= 4 is 18.4 Å². The smallest absolute Gasteiger partial charge is 0.0622 e. The summed E-state index contributed by atoms with van der Waals surface area (Å²) in [5.74, 6) is 0. The van der Waals surface area contributed by atoms with Crippen LogP contribution in [0.2, 0.25) is 13.1 Å². The summed E-state index contributed by atoms with van der Waals surface area (Å²) in [6.45, 7) is 4.94. The number of hydrogen-bond donors (Lipinski definition) is 0. The molecule has 0 atom stereocenters. The molecule has 4 aliphatic rings. The second-order valence-electron chi connectivity index (χ2n) is 6.68. The van der Waals surface area contributed by atoms with Crippen LogP contribution >= 0.6 is 0 Å². The van der Waals surface area contributed by atoms with E-state index in [0.717, 1.165) is 0 Å². The summed E-state index contributed by atoms with van der Waals surface area (Å²) < 4.78 is 0. The standard InChI is InChI=1S/C22H20Si/c1-23(2,21-15-13-17-9-5-3-7-11-19(17)21)22-16-14-18-10-6-4-8-12-20(18)22/h3-16H,1-2H3. The van der Waals surface area contributed by atoms with Gasteiger partial charge in [-0.1, -0.05) is 98.0 Å². The van der Waals surface area contributed by atoms with Crippen molar-refractivity contribution < 1.29 is 0 Å². The summed E-state index contributed by atoms with van der Waals surface area (Å²) in [4.78, 5) is 0. The maximum atomic E-state index is 2.47. The van der Waals surface area contributed by atoms with Gasteiger partial charge in [0.15, 0.2) is 0 Å². The zero-order valence-electron chi connectivity index (χ0n) is 13.6. The van der Waals surface area contributed by atoms with Gasteiger partial charge < -0.3 is 0 Å². The van der Waals surface area contributed by atoms with Gasteiger partial charge in [-0.15, -0.1) is 0 Å². The van der Waals surface area contributed by atoms with Gasteiger partial charge >= 0.3 is 0 Å². The molecule has 0 fully saturated rings. The van der Waals surface area contributed by atoms with Gasteiger partial charge in [0.25, 0.3) is 0 Å². The van der Waals surface area contributed by atoms with Crippen LogP contribution in [0, 0.1) is 0 Å². The molecule has 0 nitrogen and oxygen atoms in total. The molecule has 4 aliphatic carbocycles. The molecule has 0 aromatic rings. The zero-order valence-corrected chi connectivity index (χ0v) is 14.6. The van der Waals surface area contributed by atoms with Crippen LogP contribution in [0.5, 0.6) is 0 Å². The molecule has 0 aromatic heterocycles. The van der Waals surface area contributed by atoms with Gasteiger partial charge in [-0.2, -0.15) is 0 Å². The van der Waals surface area contributed by atoms with E-state index in [1.807, 2.05) is 0 Å². The molecule has 0 aromatic carbocycles. The molecule has 0 spiro atoms. The monoisotopic (exact) mass is 312 g/mol. The van der Waals surface area contributed by atoms with Crippen LogP contribution in [0.1, 0.15) is 0 Å². The van der Waals surface area contributed by atoms with Crippen LogP contribution < -0.4 is 10.4 Å². The number of fused-ring (bicyclic) bond motifs is 2. The molecule has 0 radical (unpaired) electrons. The van der Waals surface area contributed by atoms with Crippen molar-refractivity contribution in [1.29, 1.82) is 0 Å². The van der Waals surface area contributed by atoms with Crippen molar-refractivity contribution in [2.75, 3.05) is 0 Å². The highest BCUT2D eigenvalue weighted by atomic mass is 28.3. The quantitative estimate of drug-likeness (QED) is 0.470. The van der Waals surface area contributed by atoms with E-state index in [4.69, 9.17) is 0 Å². The normalized spacial score (nSPS) is 11.9. The molecule has 4 rings (SSSR count). The fourth-order valence-electron chi connectivity index (χ4n) is 3.66. The van der Waals surface area contributed by atoms with Crippen molar-refractivity contribution in [2.45, 2.75) is 13.1 Å². The minimum atomic E-state index is -1.75. The van der Waals surface area contributed by atoms with Crippen LogP contribution in [-0.4, -0.2) is 8.07 Å². The molecular formula is C22H20Si. The van der Waals surface area contributed by atoms with Crippen molar-refractivity contribution in [3.8, 4) is 22.3 Å². The molecule has 0 bridgehead atoms. The average molecular weight is 312 g/mol. The molecule has 0 saturated carbocycles. The summed E-state index contributed by atoms with van der Waals surface area (Å²) >= 11 is 0. The van der Waals surface area contributed by atoms with Gasteiger partial charge in [0, 0.05) is 0 Å². The SMILES string of the molecule is C[Si](C)(c1ccc2cccccc1-2)c1ccc2cccccc1-2. The number of rotatable bonds is 2. The summed E-state index contributed by atoms with van der Waals surface area (Å²) in [7, 11) is -1.75. The van der Waals surface area contributed by atoms with Gasteiger partial charge in [0.05, 0.1) is 0 Å². The molecule has 1 heteroatoms. The summed E-state index contributed by atoms with van der Waals surface area (Å²) in [6, 6.07) is 31.0. The first-order valence-electron chi connectivity index (χ1n) is 8.14.